The largest absolute Gasteiger partial charge is 0.506 e. The molecule has 2 aromatic heterocycles. The zero-order valence-electron chi connectivity index (χ0n) is 33.1. The average molecular weight is 818 g/mol. The molecule has 2 bridgehead atoms. The second-order valence-corrected chi connectivity index (χ2v) is 17.1. The number of aromatic nitrogens is 1. The number of aliphatic hydroxyl groups excluding tert-OH is 1. The number of esters is 1. The molecule has 6 heterocycles. The number of hydrogen-bond acceptors (Lipinski definition) is 10. The number of thiophene rings is 1. The average Bonchev–Trinajstić information content (AvgIpc) is 3.77. The molecule has 308 valence electrons. The number of phenols is 1. The number of nitrogens with one attached hydrogen (secondary N) is 2. The second kappa shape index (κ2) is 17.9. The van der Waals surface area contributed by atoms with E-state index in [1.54, 1.807) is 34.1 Å². The van der Waals surface area contributed by atoms with Gasteiger partial charge in [0, 0.05) is 50.7 Å². The highest BCUT2D eigenvalue weighted by Crippen LogP contribution is 2.40. The van der Waals surface area contributed by atoms with E-state index in [-0.39, 0.29) is 47.3 Å². The van der Waals surface area contributed by atoms with Crippen LogP contribution in [0.15, 0.2) is 102 Å². The molecule has 9 rings (SSSR count). The Labute approximate surface area is 347 Å². The molecule has 0 spiro atoms. The maximum Gasteiger partial charge on any atom is 0.317 e. The van der Waals surface area contributed by atoms with E-state index in [9.17, 15) is 29.4 Å². The Morgan fingerprint density at radius 2 is 1.61 bits per heavy atom. The Hall–Kier alpha value is -5.34. The van der Waals surface area contributed by atoms with Crippen molar-refractivity contribution in [2.75, 3.05) is 52.4 Å². The Morgan fingerprint density at radius 1 is 0.898 bits per heavy atom. The zero-order valence-corrected chi connectivity index (χ0v) is 33.9. The molecule has 0 unspecified atom stereocenters. The van der Waals surface area contributed by atoms with Crippen LogP contribution in [0.5, 0.6) is 5.75 Å². The van der Waals surface area contributed by atoms with Gasteiger partial charge in [0.25, 0.3) is 11.8 Å². The van der Waals surface area contributed by atoms with Crippen LogP contribution in [0, 0.1) is 5.92 Å². The molecule has 59 heavy (non-hydrogen) atoms. The number of phenolic OH excluding ortho intramolecular Hbond substituents is 1. The van der Waals surface area contributed by atoms with E-state index in [0.29, 0.717) is 78.6 Å². The summed E-state index contributed by atoms with van der Waals surface area (Å²) in [6.45, 7) is 5.30. The SMILES string of the molecule is O=C(c1ccc(C(=O)N(CCCNC[C@H](O)c2ccc(O)c3[nH]c(=O)ccc23)Cc2ccccc2)s1)N1CCC(C(=O)O[C@H]2CN3CCC2CC3)(c2ccccc2)CC1. The fourth-order valence-electron chi connectivity index (χ4n) is 8.98. The number of aromatic amines is 1. The van der Waals surface area contributed by atoms with Crippen molar-refractivity contribution < 1.29 is 29.3 Å². The van der Waals surface area contributed by atoms with Gasteiger partial charge in [-0.1, -0.05) is 66.7 Å². The number of fused-ring (bicyclic) bond motifs is 4. The van der Waals surface area contributed by atoms with Crippen molar-refractivity contribution >= 4 is 40.0 Å². The molecule has 4 aliphatic heterocycles. The van der Waals surface area contributed by atoms with Gasteiger partial charge in [0.2, 0.25) is 5.56 Å². The third kappa shape index (κ3) is 8.84. The highest BCUT2D eigenvalue weighted by molar-refractivity contribution is 7.15. The number of rotatable bonds is 14. The number of nitrogens with zero attached hydrogens (tertiary/aromatic N) is 3. The number of piperidine rings is 4. The van der Waals surface area contributed by atoms with Crippen LogP contribution >= 0.6 is 11.3 Å². The minimum absolute atomic E-state index is 0.0677. The molecule has 12 nitrogen and oxygen atoms in total. The van der Waals surface area contributed by atoms with Crippen LogP contribution in [0.4, 0.5) is 0 Å². The molecule has 13 heteroatoms. The number of carbonyl (C=O) groups is 3. The van der Waals surface area contributed by atoms with Crippen molar-refractivity contribution in [1.29, 1.82) is 0 Å². The number of aliphatic hydroxyl groups is 1. The first kappa shape index (κ1) is 40.4. The van der Waals surface area contributed by atoms with E-state index in [4.69, 9.17) is 4.74 Å². The van der Waals surface area contributed by atoms with Gasteiger partial charge < -0.3 is 35.1 Å². The van der Waals surface area contributed by atoms with Gasteiger partial charge >= 0.3 is 5.97 Å². The smallest absolute Gasteiger partial charge is 0.317 e. The van der Waals surface area contributed by atoms with E-state index in [2.05, 4.69) is 15.2 Å². The van der Waals surface area contributed by atoms with Crippen LogP contribution in [-0.2, 0) is 21.5 Å². The summed E-state index contributed by atoms with van der Waals surface area (Å²) in [6, 6.07) is 29.1. The highest BCUT2D eigenvalue weighted by atomic mass is 32.1. The minimum Gasteiger partial charge on any atom is -0.506 e. The highest BCUT2D eigenvalue weighted by Gasteiger charge is 2.47. The number of ether oxygens (including phenoxy) is 1. The number of benzene rings is 3. The van der Waals surface area contributed by atoms with Crippen LogP contribution < -0.4 is 10.9 Å². The first-order valence-electron chi connectivity index (χ1n) is 20.6. The summed E-state index contributed by atoms with van der Waals surface area (Å²) in [4.78, 5) is 63.5. The van der Waals surface area contributed by atoms with Gasteiger partial charge in [-0.15, -0.1) is 11.3 Å². The molecule has 3 aromatic carbocycles. The van der Waals surface area contributed by atoms with Crippen molar-refractivity contribution in [2.45, 2.75) is 56.3 Å². The normalized spacial score (nSPS) is 20.3. The van der Waals surface area contributed by atoms with Crippen LogP contribution in [-0.4, -0.2) is 106 Å². The van der Waals surface area contributed by atoms with Crippen molar-refractivity contribution in [3.05, 3.63) is 134 Å². The predicted octanol–water partition coefficient (Wildman–Crippen LogP) is 5.46. The number of likely N-dealkylation sites (tertiary alicyclic amines) is 1. The number of carbonyl (C=O) groups excluding carboxylic acids is 3. The fraction of sp³-hybridized carbons (Fsp3) is 0.391. The first-order chi connectivity index (χ1) is 28.7. The summed E-state index contributed by atoms with van der Waals surface area (Å²) < 4.78 is 6.33. The zero-order chi connectivity index (χ0) is 40.9. The lowest BCUT2D eigenvalue weighted by Gasteiger charge is -2.46. The molecule has 4 aliphatic rings. The first-order valence-corrected chi connectivity index (χ1v) is 21.4. The maximum absolute atomic E-state index is 14.1. The number of aromatic hydroxyl groups is 1. The predicted molar refractivity (Wildman–Crippen MR) is 226 cm³/mol. The third-order valence-electron chi connectivity index (χ3n) is 12.4. The van der Waals surface area contributed by atoms with Gasteiger partial charge in [-0.2, -0.15) is 0 Å². The molecule has 2 amide bonds. The minimum atomic E-state index is -0.897. The Morgan fingerprint density at radius 3 is 2.32 bits per heavy atom. The van der Waals surface area contributed by atoms with Gasteiger partial charge in [0.15, 0.2) is 0 Å². The van der Waals surface area contributed by atoms with Gasteiger partial charge in [0.05, 0.1) is 26.8 Å². The second-order valence-electron chi connectivity index (χ2n) is 16.1. The van der Waals surface area contributed by atoms with Crippen molar-refractivity contribution in [3.63, 3.8) is 0 Å². The summed E-state index contributed by atoms with van der Waals surface area (Å²) in [5.74, 6) is -0.163. The molecule has 5 aromatic rings. The summed E-state index contributed by atoms with van der Waals surface area (Å²) in [6.07, 6.45) is 2.65. The van der Waals surface area contributed by atoms with Crippen LogP contribution in [0.1, 0.15) is 74.2 Å². The van der Waals surface area contributed by atoms with E-state index < -0.39 is 11.5 Å². The molecular weight excluding hydrogens is 767 g/mol. The van der Waals surface area contributed by atoms with Gasteiger partial charge in [-0.3, -0.25) is 24.1 Å². The third-order valence-corrected chi connectivity index (χ3v) is 13.5. The molecule has 4 N–H and O–H groups in total. The lowest BCUT2D eigenvalue weighted by atomic mass is 9.72. The van der Waals surface area contributed by atoms with E-state index in [1.807, 2.05) is 60.7 Å². The summed E-state index contributed by atoms with van der Waals surface area (Å²) >= 11 is 1.19. The monoisotopic (exact) mass is 817 g/mol. The van der Waals surface area contributed by atoms with Crippen molar-refractivity contribution in [1.82, 2.24) is 25.0 Å². The Bertz CT molecular complexity index is 2320. The maximum atomic E-state index is 14.1. The quantitative estimate of drug-likeness (QED) is 0.0845. The van der Waals surface area contributed by atoms with Crippen LogP contribution in [0.2, 0.25) is 0 Å². The number of pyridine rings is 1. The van der Waals surface area contributed by atoms with Gasteiger partial charge in [-0.25, -0.2) is 0 Å². The lowest BCUT2D eigenvalue weighted by Crippen LogP contribution is -2.55. The molecule has 4 fully saturated rings. The molecule has 0 radical (unpaired) electrons. The summed E-state index contributed by atoms with van der Waals surface area (Å²) in [5, 5.41) is 25.0. The van der Waals surface area contributed by atoms with Crippen molar-refractivity contribution in [3.8, 4) is 5.75 Å². The Balaban J connectivity index is 0.892. The summed E-state index contributed by atoms with van der Waals surface area (Å²) in [5.41, 5.74) is 1.60. The molecular formula is C46H51N5O7S. The Kier molecular flexibility index (Phi) is 12.3. The van der Waals surface area contributed by atoms with Gasteiger partial charge in [0.1, 0.15) is 11.9 Å². The molecule has 2 atom stereocenters. The standard InChI is InChI=1S/C46H51N5O7S/c52-36-14-12-34(35-13-17-41(54)48-42(35)36)37(53)28-47-22-7-23-51(29-31-8-3-1-4-9-31)44(56)40-16-15-39(59-40)43(55)50-26-20-46(21-27-50,33-10-5-2-6-11-33)45(57)58-38-30-49-24-18-32(38)19-25-49/h1-6,8-17,32,37-38,47,52-53H,7,18-30H2,(H,48,54)/t37-,38-/m0/s1. The molecule has 0 aliphatic carbocycles. The number of hydrogen-bond donors (Lipinski definition) is 4. The van der Waals surface area contributed by atoms with Crippen LogP contribution in [0.25, 0.3) is 10.9 Å². The summed E-state index contributed by atoms with van der Waals surface area (Å²) in [7, 11) is 0. The van der Waals surface area contributed by atoms with Crippen molar-refractivity contribution in [2.24, 2.45) is 5.92 Å². The van der Waals surface area contributed by atoms with E-state index >= 15 is 0 Å². The molecule has 0 saturated carbocycles. The van der Waals surface area contributed by atoms with Crippen LogP contribution in [0.3, 0.4) is 0 Å². The van der Waals surface area contributed by atoms with Gasteiger partial charge in [-0.05, 0) is 98.6 Å². The number of H-pyrrole nitrogens is 1. The lowest BCUT2D eigenvalue weighted by molar-refractivity contribution is -0.167. The molecule has 4 saturated heterocycles. The topological polar surface area (TPSA) is 156 Å². The fourth-order valence-corrected chi connectivity index (χ4v) is 9.92. The number of amides is 2. The van der Waals surface area contributed by atoms with E-state index in [1.165, 1.54) is 23.5 Å². The van der Waals surface area contributed by atoms with E-state index in [0.717, 1.165) is 43.6 Å².